The lowest BCUT2D eigenvalue weighted by Crippen LogP contribution is -2.39. The minimum Gasteiger partial charge on any atom is -0.496 e. The van der Waals surface area contributed by atoms with Crippen molar-refractivity contribution in [1.82, 2.24) is 10.6 Å². The topological polar surface area (TPSA) is 192 Å². The number of benzene rings is 2. The molecule has 14 heteroatoms. The summed E-state index contributed by atoms with van der Waals surface area (Å²) in [6.07, 6.45) is 7.53. The number of methoxy groups -OCH3 is 2. The van der Waals surface area contributed by atoms with E-state index >= 15 is 0 Å². The van der Waals surface area contributed by atoms with Crippen LogP contribution in [0.2, 0.25) is 10.0 Å². The molecule has 0 saturated heterocycles. The molecule has 2 aliphatic rings. The van der Waals surface area contributed by atoms with E-state index in [1.807, 2.05) is 12.1 Å². The minimum absolute atomic E-state index is 0.0635. The van der Waals surface area contributed by atoms with Crippen LogP contribution in [-0.2, 0) is 22.4 Å². The highest BCUT2D eigenvalue weighted by molar-refractivity contribution is 6.31. The van der Waals surface area contributed by atoms with Crippen LogP contribution in [0, 0.1) is 17.8 Å². The van der Waals surface area contributed by atoms with Crippen LogP contribution in [0.3, 0.4) is 0 Å². The Bertz CT molecular complexity index is 1360. The number of ether oxygens (including phenoxy) is 2. The summed E-state index contributed by atoms with van der Waals surface area (Å²) in [5.74, 6) is 3.87. The third-order valence-corrected chi connectivity index (χ3v) is 9.54. The molecule has 12 nitrogen and oxygen atoms in total. The zero-order valence-electron chi connectivity index (χ0n) is 30.1. The average molecular weight is 758 g/mol. The molecule has 2 amide bonds. The van der Waals surface area contributed by atoms with Crippen molar-refractivity contribution in [3.05, 3.63) is 57.6 Å². The molecule has 0 heterocycles. The number of hydrogen-bond acceptors (Lipinski definition) is 6. The van der Waals surface area contributed by atoms with E-state index in [1.54, 1.807) is 38.5 Å². The van der Waals surface area contributed by atoms with Gasteiger partial charge in [0.25, 0.3) is 0 Å². The number of amides is 2. The fourth-order valence-corrected chi connectivity index (χ4v) is 6.60. The van der Waals surface area contributed by atoms with Gasteiger partial charge in [-0.1, -0.05) is 62.5 Å². The molecule has 2 fully saturated rings. The summed E-state index contributed by atoms with van der Waals surface area (Å²) in [5, 5.41) is 35.4. The van der Waals surface area contributed by atoms with Crippen LogP contribution < -0.4 is 20.1 Å². The highest BCUT2D eigenvalue weighted by atomic mass is 35.5. The second kappa shape index (κ2) is 24.3. The predicted octanol–water partition coefficient (Wildman–Crippen LogP) is 8.64. The first-order chi connectivity index (χ1) is 24.1. The molecule has 286 valence electrons. The maximum Gasteiger partial charge on any atom is 0.503 e. The number of carbonyl (C=O) groups excluding carboxylic acids is 2. The fraction of sp³-hybridized carbons (Fsp3) is 0.568. The zero-order chi connectivity index (χ0) is 38.5. The van der Waals surface area contributed by atoms with E-state index < -0.39 is 12.3 Å². The van der Waals surface area contributed by atoms with Crippen LogP contribution in [0.4, 0.5) is 9.59 Å². The molecular formula is C37H54Cl2N2O10. The Morgan fingerprint density at radius 3 is 1.35 bits per heavy atom. The van der Waals surface area contributed by atoms with Gasteiger partial charge in [0.1, 0.15) is 11.5 Å². The van der Waals surface area contributed by atoms with Gasteiger partial charge in [0.2, 0.25) is 11.8 Å². The third-order valence-electron chi connectivity index (χ3n) is 9.07. The van der Waals surface area contributed by atoms with Gasteiger partial charge in [-0.25, -0.2) is 9.59 Å². The summed E-state index contributed by atoms with van der Waals surface area (Å²) < 4.78 is 10.6. The number of nitrogens with one attached hydrogen (secondary N) is 2. The summed E-state index contributed by atoms with van der Waals surface area (Å²) in [5.41, 5.74) is 1.75. The van der Waals surface area contributed by atoms with Gasteiger partial charge in [0.05, 0.1) is 27.1 Å². The van der Waals surface area contributed by atoms with Gasteiger partial charge in [0, 0.05) is 33.3 Å². The standard InChI is InChI=1S/C18H26ClNO2.C17H24ClNO2.2CH2O3/c1-12(2)13-5-8-16(9-6-13)20-18(21)10-14-4-7-15(19)11-17(14)22-3;1-3-12-4-8-15(9-5-12)19-17(20)10-13-6-7-14(18)11-16(13)21-2;2*2-1(3)4/h4,7,11-13,16H,5-6,8-10H2,1-3H3,(H,20,21);6-7,11-12,15H,3-5,8-10H2,1-2H3,(H,19,20);2*(H2,2,3,4). The molecule has 51 heavy (non-hydrogen) atoms. The van der Waals surface area contributed by atoms with Crippen molar-refractivity contribution in [3.63, 3.8) is 0 Å². The molecule has 4 rings (SSSR count). The first-order valence-corrected chi connectivity index (χ1v) is 17.9. The van der Waals surface area contributed by atoms with Gasteiger partial charge in [-0.3, -0.25) is 9.59 Å². The first kappa shape index (κ1) is 45.1. The van der Waals surface area contributed by atoms with Crippen LogP contribution in [-0.4, -0.2) is 70.9 Å². The van der Waals surface area contributed by atoms with Crippen LogP contribution >= 0.6 is 23.2 Å². The lowest BCUT2D eigenvalue weighted by molar-refractivity contribution is -0.122. The minimum atomic E-state index is -1.83. The van der Waals surface area contributed by atoms with Crippen molar-refractivity contribution in [1.29, 1.82) is 0 Å². The zero-order valence-corrected chi connectivity index (χ0v) is 31.6. The van der Waals surface area contributed by atoms with Crippen molar-refractivity contribution < 1.29 is 49.1 Å². The lowest BCUT2D eigenvalue weighted by Gasteiger charge is -2.31. The SMILES string of the molecule is CCC1CCC(NC(=O)Cc2ccc(Cl)cc2OC)CC1.COc1cc(Cl)ccc1CC(=O)NC1CCC(C(C)C)CC1.O=C(O)O.O=C(O)O. The summed E-state index contributed by atoms with van der Waals surface area (Å²) in [6, 6.07) is 11.4. The van der Waals surface area contributed by atoms with Crippen molar-refractivity contribution in [3.8, 4) is 11.5 Å². The fourth-order valence-electron chi connectivity index (χ4n) is 6.28. The molecule has 6 N–H and O–H groups in total. The number of carboxylic acid groups (broad SMARTS) is 4. The van der Waals surface area contributed by atoms with Crippen LogP contribution in [0.25, 0.3) is 0 Å². The Kier molecular flexibility index (Phi) is 21.5. The number of carbonyl (C=O) groups is 4. The molecule has 0 radical (unpaired) electrons. The summed E-state index contributed by atoms with van der Waals surface area (Å²) in [6.45, 7) is 6.82. The van der Waals surface area contributed by atoms with E-state index in [4.69, 9.17) is 62.7 Å². The highest BCUT2D eigenvalue weighted by Gasteiger charge is 2.25. The quantitative estimate of drug-likeness (QED) is 0.137. The smallest absolute Gasteiger partial charge is 0.496 e. The third kappa shape index (κ3) is 19.3. The Labute approximate surface area is 310 Å². The Morgan fingerprint density at radius 1 is 0.686 bits per heavy atom. The Morgan fingerprint density at radius 2 is 1.04 bits per heavy atom. The van der Waals surface area contributed by atoms with E-state index in [-0.39, 0.29) is 11.8 Å². The van der Waals surface area contributed by atoms with Crippen LogP contribution in [0.15, 0.2) is 36.4 Å². The molecule has 0 spiro atoms. The molecule has 2 aromatic rings. The molecule has 0 unspecified atom stereocenters. The molecule has 2 saturated carbocycles. The normalized spacial score (nSPS) is 19.3. The molecule has 0 atom stereocenters. The maximum absolute atomic E-state index is 12.2. The highest BCUT2D eigenvalue weighted by Crippen LogP contribution is 2.30. The molecule has 0 aliphatic heterocycles. The van der Waals surface area contributed by atoms with Gasteiger partial charge in [-0.15, -0.1) is 0 Å². The predicted molar refractivity (Wildman–Crippen MR) is 198 cm³/mol. The number of rotatable bonds is 10. The largest absolute Gasteiger partial charge is 0.503 e. The second-order valence-electron chi connectivity index (χ2n) is 12.9. The molecule has 2 aliphatic carbocycles. The average Bonchev–Trinajstić information content (AvgIpc) is 3.06. The first-order valence-electron chi connectivity index (χ1n) is 17.2. The van der Waals surface area contributed by atoms with E-state index in [0.29, 0.717) is 46.5 Å². The van der Waals surface area contributed by atoms with Crippen LogP contribution in [0.5, 0.6) is 11.5 Å². The van der Waals surface area contributed by atoms with Crippen molar-refractivity contribution in [2.24, 2.45) is 17.8 Å². The van der Waals surface area contributed by atoms with E-state index in [2.05, 4.69) is 31.4 Å². The van der Waals surface area contributed by atoms with Gasteiger partial charge in [0.15, 0.2) is 0 Å². The van der Waals surface area contributed by atoms with Crippen molar-refractivity contribution in [2.45, 2.75) is 103 Å². The van der Waals surface area contributed by atoms with E-state index in [0.717, 1.165) is 54.6 Å². The molecule has 0 bridgehead atoms. The Hall–Kier alpha value is -3.90. The van der Waals surface area contributed by atoms with Gasteiger partial charge < -0.3 is 40.5 Å². The van der Waals surface area contributed by atoms with Gasteiger partial charge >= 0.3 is 12.3 Å². The maximum atomic E-state index is 12.2. The number of halogens is 2. The second-order valence-corrected chi connectivity index (χ2v) is 13.8. The number of hydrogen-bond donors (Lipinski definition) is 6. The summed E-state index contributed by atoms with van der Waals surface area (Å²) in [4.78, 5) is 41.5. The van der Waals surface area contributed by atoms with E-state index in [1.165, 1.54) is 32.1 Å². The molecule has 0 aromatic heterocycles. The summed E-state index contributed by atoms with van der Waals surface area (Å²) in [7, 11) is 3.19. The lowest BCUT2D eigenvalue weighted by atomic mass is 9.79. The van der Waals surface area contributed by atoms with Crippen molar-refractivity contribution in [2.75, 3.05) is 14.2 Å². The van der Waals surface area contributed by atoms with Gasteiger partial charge in [-0.05, 0) is 93.4 Å². The summed E-state index contributed by atoms with van der Waals surface area (Å²) >= 11 is 11.9. The van der Waals surface area contributed by atoms with Crippen molar-refractivity contribution >= 4 is 47.3 Å². The van der Waals surface area contributed by atoms with Gasteiger partial charge in [-0.2, -0.15) is 0 Å². The Balaban J connectivity index is 0.000000422. The van der Waals surface area contributed by atoms with Crippen LogP contribution in [0.1, 0.15) is 89.7 Å². The van der Waals surface area contributed by atoms with E-state index in [9.17, 15) is 9.59 Å². The molecule has 2 aromatic carbocycles. The monoisotopic (exact) mass is 756 g/mol. The molecular weight excluding hydrogens is 703 g/mol.